The van der Waals surface area contributed by atoms with Gasteiger partial charge in [0, 0.05) is 41.9 Å². The normalized spacial score (nSPS) is 23.4. The summed E-state index contributed by atoms with van der Waals surface area (Å²) in [7, 11) is -2.69. The summed E-state index contributed by atoms with van der Waals surface area (Å²) in [6.07, 6.45) is 5.08. The van der Waals surface area contributed by atoms with E-state index in [9.17, 15) is 4.21 Å². The topological polar surface area (TPSA) is 87.2 Å². The van der Waals surface area contributed by atoms with Gasteiger partial charge in [-0.25, -0.2) is 14.0 Å². The fourth-order valence-electron chi connectivity index (χ4n) is 4.14. The number of aryl methyl sites for hydroxylation is 1. The Balaban J connectivity index is 1.57. The van der Waals surface area contributed by atoms with Crippen molar-refractivity contribution in [3.8, 4) is 0 Å². The molecular weight excluding hydrogens is 360 g/mol. The Morgan fingerprint density at radius 1 is 1.22 bits per heavy atom. The van der Waals surface area contributed by atoms with Crippen molar-refractivity contribution in [1.82, 2.24) is 19.6 Å². The molecule has 2 aromatic heterocycles. The Kier molecular flexibility index (Phi) is 3.56. The standard InChI is InChI=1S/C19H22N6OS/c1-12-17(7-13-3-5-16(6-4-13)27(2,20)26)18(24-9-14-8-15(14)10-24)25-19(23-12)21-11-22-25/h3-6,11,14-15,20H,7-10H2,1-2H3. The molecule has 1 saturated heterocycles. The quantitative estimate of drug-likeness (QED) is 0.749. The molecule has 140 valence electrons. The zero-order valence-corrected chi connectivity index (χ0v) is 16.2. The number of nitrogens with one attached hydrogen (secondary N) is 1. The van der Waals surface area contributed by atoms with E-state index in [0.29, 0.717) is 10.7 Å². The summed E-state index contributed by atoms with van der Waals surface area (Å²) in [6, 6.07) is 7.52. The highest BCUT2D eigenvalue weighted by atomic mass is 32.2. The second-order valence-electron chi connectivity index (χ2n) is 7.80. The predicted molar refractivity (Wildman–Crippen MR) is 104 cm³/mol. The monoisotopic (exact) mass is 382 g/mol. The molecule has 1 saturated carbocycles. The molecule has 5 rings (SSSR count). The van der Waals surface area contributed by atoms with Crippen molar-refractivity contribution in [2.24, 2.45) is 11.8 Å². The van der Waals surface area contributed by atoms with Crippen LogP contribution in [0, 0.1) is 23.5 Å². The van der Waals surface area contributed by atoms with E-state index in [1.165, 1.54) is 12.7 Å². The van der Waals surface area contributed by atoms with Crippen LogP contribution in [0.1, 0.15) is 23.2 Å². The average Bonchev–Trinajstić information content (AvgIpc) is 3.01. The third-order valence-electron chi connectivity index (χ3n) is 5.74. The molecule has 1 aliphatic heterocycles. The average molecular weight is 382 g/mol. The molecule has 2 aliphatic rings. The second kappa shape index (κ2) is 5.76. The van der Waals surface area contributed by atoms with Crippen LogP contribution >= 0.6 is 0 Å². The van der Waals surface area contributed by atoms with Crippen LogP contribution in [-0.4, -0.2) is 43.1 Å². The Hall–Kier alpha value is -2.48. The molecule has 0 bridgehead atoms. The Bertz CT molecular complexity index is 1120. The molecule has 3 atom stereocenters. The van der Waals surface area contributed by atoms with Gasteiger partial charge in [0.1, 0.15) is 12.1 Å². The van der Waals surface area contributed by atoms with Crippen LogP contribution in [0.2, 0.25) is 0 Å². The van der Waals surface area contributed by atoms with E-state index in [1.807, 2.05) is 23.6 Å². The van der Waals surface area contributed by atoms with Crippen LogP contribution in [0.15, 0.2) is 35.5 Å². The second-order valence-corrected chi connectivity index (χ2v) is 9.96. The highest BCUT2D eigenvalue weighted by Gasteiger charge is 2.46. The largest absolute Gasteiger partial charge is 0.356 e. The van der Waals surface area contributed by atoms with Gasteiger partial charge in [-0.05, 0) is 42.9 Å². The Labute approximate surface area is 158 Å². The SMILES string of the molecule is Cc1nc2ncnn2c(N2CC3CC3C2)c1Cc1ccc(S(C)(=N)=O)cc1. The lowest BCUT2D eigenvalue weighted by atomic mass is 10.0. The van der Waals surface area contributed by atoms with E-state index in [-0.39, 0.29) is 0 Å². The summed E-state index contributed by atoms with van der Waals surface area (Å²) in [5.74, 6) is 3.38. The van der Waals surface area contributed by atoms with Gasteiger partial charge in [0.2, 0.25) is 0 Å². The molecule has 0 amide bonds. The van der Waals surface area contributed by atoms with Gasteiger partial charge in [-0.2, -0.15) is 14.6 Å². The lowest BCUT2D eigenvalue weighted by molar-refractivity contribution is 0.679. The summed E-state index contributed by atoms with van der Waals surface area (Å²) in [5, 5.41) is 4.43. The first kappa shape index (κ1) is 16.7. The van der Waals surface area contributed by atoms with E-state index in [2.05, 4.69) is 20.0 Å². The summed E-state index contributed by atoms with van der Waals surface area (Å²) in [5.41, 5.74) is 3.23. The number of aromatic nitrogens is 4. The van der Waals surface area contributed by atoms with Crippen molar-refractivity contribution in [2.45, 2.75) is 24.7 Å². The summed E-state index contributed by atoms with van der Waals surface area (Å²) in [6.45, 7) is 4.18. The van der Waals surface area contributed by atoms with Gasteiger partial charge in [0.05, 0.1) is 9.73 Å². The summed E-state index contributed by atoms with van der Waals surface area (Å²) < 4.78 is 21.5. The van der Waals surface area contributed by atoms with E-state index >= 15 is 0 Å². The van der Waals surface area contributed by atoms with Gasteiger partial charge >= 0.3 is 0 Å². The van der Waals surface area contributed by atoms with Crippen LogP contribution in [-0.2, 0) is 16.1 Å². The van der Waals surface area contributed by atoms with Gasteiger partial charge in [-0.3, -0.25) is 0 Å². The molecule has 8 heteroatoms. The fourth-order valence-corrected chi connectivity index (χ4v) is 4.80. The number of rotatable bonds is 4. The van der Waals surface area contributed by atoms with Crippen molar-refractivity contribution in [2.75, 3.05) is 24.2 Å². The molecule has 2 fully saturated rings. The van der Waals surface area contributed by atoms with Gasteiger partial charge in [-0.15, -0.1) is 0 Å². The number of benzene rings is 1. The Morgan fingerprint density at radius 3 is 2.59 bits per heavy atom. The first-order valence-corrected chi connectivity index (χ1v) is 11.1. The molecule has 27 heavy (non-hydrogen) atoms. The lowest BCUT2D eigenvalue weighted by Gasteiger charge is -2.24. The maximum atomic E-state index is 11.9. The molecule has 0 radical (unpaired) electrons. The van der Waals surface area contributed by atoms with Crippen molar-refractivity contribution in [1.29, 1.82) is 4.78 Å². The molecule has 1 aromatic carbocycles. The number of piperidine rings is 1. The minimum absolute atomic E-state index is 0.563. The minimum atomic E-state index is -2.69. The highest BCUT2D eigenvalue weighted by molar-refractivity contribution is 7.91. The third-order valence-corrected chi connectivity index (χ3v) is 6.91. The van der Waals surface area contributed by atoms with Crippen LogP contribution in [0.4, 0.5) is 5.82 Å². The van der Waals surface area contributed by atoms with E-state index in [0.717, 1.165) is 54.0 Å². The highest BCUT2D eigenvalue weighted by Crippen LogP contribution is 2.47. The van der Waals surface area contributed by atoms with Crippen molar-refractivity contribution >= 4 is 21.3 Å². The lowest BCUT2D eigenvalue weighted by Crippen LogP contribution is -2.27. The Morgan fingerprint density at radius 2 is 1.93 bits per heavy atom. The third kappa shape index (κ3) is 2.88. The first-order valence-electron chi connectivity index (χ1n) is 9.17. The number of hydrogen-bond acceptors (Lipinski definition) is 6. The minimum Gasteiger partial charge on any atom is -0.356 e. The molecule has 1 aliphatic carbocycles. The zero-order chi connectivity index (χ0) is 18.8. The van der Waals surface area contributed by atoms with Crippen LogP contribution in [0.3, 0.4) is 0 Å². The first-order chi connectivity index (χ1) is 12.9. The number of hydrogen-bond donors (Lipinski definition) is 1. The van der Waals surface area contributed by atoms with E-state index < -0.39 is 9.73 Å². The molecule has 7 nitrogen and oxygen atoms in total. The molecule has 3 unspecified atom stereocenters. The van der Waals surface area contributed by atoms with Crippen molar-refractivity contribution in [3.63, 3.8) is 0 Å². The number of fused-ring (bicyclic) bond motifs is 2. The predicted octanol–water partition coefficient (Wildman–Crippen LogP) is 2.52. The maximum absolute atomic E-state index is 11.9. The molecular formula is C19H22N6OS. The van der Waals surface area contributed by atoms with Crippen LogP contribution in [0.5, 0.6) is 0 Å². The fraction of sp³-hybridized carbons (Fsp3) is 0.421. The molecule has 0 spiro atoms. The van der Waals surface area contributed by atoms with Gasteiger partial charge in [0.25, 0.3) is 5.78 Å². The number of anilines is 1. The van der Waals surface area contributed by atoms with Gasteiger partial charge < -0.3 is 4.90 Å². The molecule has 3 aromatic rings. The van der Waals surface area contributed by atoms with Gasteiger partial charge in [0.15, 0.2) is 0 Å². The van der Waals surface area contributed by atoms with Crippen LogP contribution < -0.4 is 4.90 Å². The van der Waals surface area contributed by atoms with Crippen molar-refractivity contribution < 1.29 is 4.21 Å². The zero-order valence-electron chi connectivity index (χ0n) is 15.4. The maximum Gasteiger partial charge on any atom is 0.254 e. The van der Waals surface area contributed by atoms with Crippen LogP contribution in [0.25, 0.3) is 5.78 Å². The summed E-state index contributed by atoms with van der Waals surface area (Å²) >= 11 is 0. The molecule has 3 heterocycles. The van der Waals surface area contributed by atoms with E-state index in [4.69, 9.17) is 4.78 Å². The number of nitrogens with zero attached hydrogens (tertiary/aromatic N) is 5. The van der Waals surface area contributed by atoms with Crippen molar-refractivity contribution in [3.05, 3.63) is 47.4 Å². The van der Waals surface area contributed by atoms with E-state index in [1.54, 1.807) is 18.5 Å². The van der Waals surface area contributed by atoms with Gasteiger partial charge in [-0.1, -0.05) is 12.1 Å². The smallest absolute Gasteiger partial charge is 0.254 e. The molecule has 1 N–H and O–H groups in total. The summed E-state index contributed by atoms with van der Waals surface area (Å²) in [4.78, 5) is 11.9.